The van der Waals surface area contributed by atoms with E-state index in [0.717, 1.165) is 9.35 Å². The summed E-state index contributed by atoms with van der Waals surface area (Å²) in [7, 11) is 0. The molecule has 0 atom stereocenters. The maximum Gasteiger partial charge on any atom is 0.169 e. The molecule has 0 spiro atoms. The van der Waals surface area contributed by atoms with Crippen molar-refractivity contribution in [1.29, 1.82) is 0 Å². The Hall–Kier alpha value is -1.20. The Morgan fingerprint density at radius 3 is 3.00 bits per heavy atom. The van der Waals surface area contributed by atoms with Gasteiger partial charge in [0, 0.05) is 33.2 Å². The number of nitrogens with zero attached hydrogens (tertiary/aromatic N) is 1. The van der Waals surface area contributed by atoms with E-state index in [1.165, 1.54) is 11.3 Å². The van der Waals surface area contributed by atoms with E-state index < -0.39 is 0 Å². The summed E-state index contributed by atoms with van der Waals surface area (Å²) in [5.41, 5.74) is 8.59. The molecule has 1 aromatic heterocycles. The maximum atomic E-state index is 12.0. The molecule has 0 radical (unpaired) electrons. The highest BCUT2D eigenvalue weighted by molar-refractivity contribution is 9.10. The number of carbonyl (C=O) groups is 1. The first kappa shape index (κ1) is 11.3. The summed E-state index contributed by atoms with van der Waals surface area (Å²) in [5, 5.41) is 0. The smallest absolute Gasteiger partial charge is 0.169 e. The minimum atomic E-state index is 0.0448. The Labute approximate surface area is 105 Å². The van der Waals surface area contributed by atoms with Crippen molar-refractivity contribution in [1.82, 2.24) is 4.98 Å². The molecule has 0 fully saturated rings. The van der Waals surface area contributed by atoms with Crippen molar-refractivity contribution in [3.05, 3.63) is 44.8 Å². The fourth-order valence-electron chi connectivity index (χ4n) is 1.34. The number of carbonyl (C=O) groups excluding carboxylic acids is 1. The fourth-order valence-corrected chi connectivity index (χ4v) is 2.40. The molecule has 0 bridgehead atoms. The molecule has 0 unspecified atom stereocenters. The summed E-state index contributed by atoms with van der Waals surface area (Å²) in [5.74, 6) is 0.0448. The van der Waals surface area contributed by atoms with Crippen LogP contribution in [0.15, 0.2) is 34.4 Å². The van der Waals surface area contributed by atoms with Gasteiger partial charge in [-0.2, -0.15) is 0 Å². The average Bonchev–Trinajstić information content (AvgIpc) is 2.74. The number of hydrogen-bond acceptors (Lipinski definition) is 4. The lowest BCUT2D eigenvalue weighted by Crippen LogP contribution is -2.04. The summed E-state index contributed by atoms with van der Waals surface area (Å²) in [6.45, 7) is 0. The standard InChI is InChI=1S/C11H9BrN2OS/c12-10-2-1-7(13)3-9(10)11(15)4-8-5-14-6-16-8/h1-3,5-6H,4,13H2. The number of ketones is 1. The number of nitrogens with two attached hydrogens (primary N) is 1. The quantitative estimate of drug-likeness (QED) is 0.700. The first-order valence-electron chi connectivity index (χ1n) is 4.62. The second kappa shape index (κ2) is 4.76. The summed E-state index contributed by atoms with van der Waals surface area (Å²) < 4.78 is 0.774. The highest BCUT2D eigenvalue weighted by Gasteiger charge is 2.11. The van der Waals surface area contributed by atoms with Crippen LogP contribution in [0.25, 0.3) is 0 Å². The number of halogens is 1. The first-order chi connectivity index (χ1) is 7.66. The predicted octanol–water partition coefficient (Wildman–Crippen LogP) is 2.91. The van der Waals surface area contributed by atoms with Gasteiger partial charge < -0.3 is 5.73 Å². The van der Waals surface area contributed by atoms with E-state index in [0.29, 0.717) is 17.7 Å². The van der Waals surface area contributed by atoms with Crippen molar-refractivity contribution in [2.75, 3.05) is 5.73 Å². The van der Waals surface area contributed by atoms with Crippen molar-refractivity contribution in [2.24, 2.45) is 0 Å². The van der Waals surface area contributed by atoms with Gasteiger partial charge >= 0.3 is 0 Å². The molecule has 0 amide bonds. The Bertz CT molecular complexity index is 511. The van der Waals surface area contributed by atoms with E-state index in [4.69, 9.17) is 5.73 Å². The van der Waals surface area contributed by atoms with E-state index in [-0.39, 0.29) is 5.78 Å². The van der Waals surface area contributed by atoms with Gasteiger partial charge in [-0.25, -0.2) is 0 Å². The van der Waals surface area contributed by atoms with Crippen LogP contribution < -0.4 is 5.73 Å². The molecule has 0 saturated carbocycles. The van der Waals surface area contributed by atoms with Crippen LogP contribution in [0.2, 0.25) is 0 Å². The van der Waals surface area contributed by atoms with E-state index >= 15 is 0 Å². The zero-order chi connectivity index (χ0) is 11.5. The zero-order valence-electron chi connectivity index (χ0n) is 8.31. The molecular weight excluding hydrogens is 288 g/mol. The van der Waals surface area contributed by atoms with Crippen molar-refractivity contribution in [3.63, 3.8) is 0 Å². The van der Waals surface area contributed by atoms with Gasteiger partial charge in [-0.3, -0.25) is 9.78 Å². The number of benzene rings is 1. The van der Waals surface area contributed by atoms with Gasteiger partial charge in [0.25, 0.3) is 0 Å². The van der Waals surface area contributed by atoms with Gasteiger partial charge in [0.2, 0.25) is 0 Å². The Morgan fingerprint density at radius 1 is 1.50 bits per heavy atom. The lowest BCUT2D eigenvalue weighted by atomic mass is 10.1. The van der Waals surface area contributed by atoms with Crippen molar-refractivity contribution >= 4 is 38.7 Å². The number of nitrogen functional groups attached to an aromatic ring is 1. The maximum absolute atomic E-state index is 12.0. The Morgan fingerprint density at radius 2 is 2.31 bits per heavy atom. The van der Waals surface area contributed by atoms with Crippen LogP contribution in [0.3, 0.4) is 0 Å². The Kier molecular flexibility index (Phi) is 3.36. The average molecular weight is 297 g/mol. The molecule has 0 aliphatic rings. The van der Waals surface area contributed by atoms with Crippen LogP contribution in [-0.4, -0.2) is 10.8 Å². The molecular formula is C11H9BrN2OS. The van der Waals surface area contributed by atoms with Crippen LogP contribution in [0, 0.1) is 0 Å². The molecule has 2 aromatic rings. The molecule has 3 nitrogen and oxygen atoms in total. The van der Waals surface area contributed by atoms with E-state index in [2.05, 4.69) is 20.9 Å². The van der Waals surface area contributed by atoms with Crippen LogP contribution in [0.4, 0.5) is 5.69 Å². The van der Waals surface area contributed by atoms with Crippen molar-refractivity contribution in [2.45, 2.75) is 6.42 Å². The van der Waals surface area contributed by atoms with E-state index in [1.807, 2.05) is 0 Å². The van der Waals surface area contributed by atoms with E-state index in [9.17, 15) is 4.79 Å². The van der Waals surface area contributed by atoms with Gasteiger partial charge in [0.15, 0.2) is 5.78 Å². The Balaban J connectivity index is 2.24. The molecule has 0 aliphatic heterocycles. The van der Waals surface area contributed by atoms with Gasteiger partial charge in [-0.15, -0.1) is 11.3 Å². The molecule has 1 heterocycles. The van der Waals surface area contributed by atoms with Crippen molar-refractivity contribution in [3.8, 4) is 0 Å². The largest absolute Gasteiger partial charge is 0.399 e. The summed E-state index contributed by atoms with van der Waals surface area (Å²) in [6, 6.07) is 5.23. The monoisotopic (exact) mass is 296 g/mol. The van der Waals surface area contributed by atoms with Gasteiger partial charge in [0.1, 0.15) is 0 Å². The normalized spacial score (nSPS) is 10.3. The van der Waals surface area contributed by atoms with Crippen LogP contribution >= 0.6 is 27.3 Å². The third kappa shape index (κ3) is 2.48. The third-order valence-corrected chi connectivity index (χ3v) is 3.58. The van der Waals surface area contributed by atoms with E-state index in [1.54, 1.807) is 29.9 Å². The van der Waals surface area contributed by atoms with Crippen LogP contribution in [0.5, 0.6) is 0 Å². The SMILES string of the molecule is Nc1ccc(Br)c(C(=O)Cc2cncs2)c1. The zero-order valence-corrected chi connectivity index (χ0v) is 10.7. The molecule has 1 aromatic carbocycles. The fraction of sp³-hybridized carbons (Fsp3) is 0.0909. The lowest BCUT2D eigenvalue weighted by molar-refractivity contribution is 0.0993. The second-order valence-electron chi connectivity index (χ2n) is 3.31. The molecule has 82 valence electrons. The molecule has 16 heavy (non-hydrogen) atoms. The van der Waals surface area contributed by atoms with Crippen LogP contribution in [-0.2, 0) is 6.42 Å². The van der Waals surface area contributed by atoms with Crippen LogP contribution in [0.1, 0.15) is 15.2 Å². The topological polar surface area (TPSA) is 56.0 Å². The summed E-state index contributed by atoms with van der Waals surface area (Å²) >= 11 is 4.82. The minimum absolute atomic E-state index is 0.0448. The third-order valence-electron chi connectivity index (χ3n) is 2.11. The number of anilines is 1. The second-order valence-corrected chi connectivity index (χ2v) is 5.13. The highest BCUT2D eigenvalue weighted by atomic mass is 79.9. The number of thiazole rings is 1. The van der Waals surface area contributed by atoms with Gasteiger partial charge in [-0.1, -0.05) is 15.9 Å². The number of aromatic nitrogens is 1. The number of Topliss-reactive ketones (excluding diaryl/α,β-unsaturated/α-hetero) is 1. The molecule has 2 N–H and O–H groups in total. The minimum Gasteiger partial charge on any atom is -0.399 e. The molecule has 5 heteroatoms. The van der Waals surface area contributed by atoms with Crippen molar-refractivity contribution < 1.29 is 4.79 Å². The number of hydrogen-bond donors (Lipinski definition) is 1. The molecule has 2 rings (SSSR count). The predicted molar refractivity (Wildman–Crippen MR) is 68.7 cm³/mol. The summed E-state index contributed by atoms with van der Waals surface area (Å²) in [4.78, 5) is 16.9. The number of rotatable bonds is 3. The summed E-state index contributed by atoms with van der Waals surface area (Å²) in [6.07, 6.45) is 2.08. The molecule has 0 saturated heterocycles. The van der Waals surface area contributed by atoms with Gasteiger partial charge in [0.05, 0.1) is 5.51 Å². The lowest BCUT2D eigenvalue weighted by Gasteiger charge is -2.03. The van der Waals surface area contributed by atoms with Gasteiger partial charge in [-0.05, 0) is 18.2 Å². The molecule has 0 aliphatic carbocycles. The highest BCUT2D eigenvalue weighted by Crippen LogP contribution is 2.22. The first-order valence-corrected chi connectivity index (χ1v) is 6.29.